The fourth-order valence-corrected chi connectivity index (χ4v) is 2.32. The lowest BCUT2D eigenvalue weighted by Gasteiger charge is -2.34. The molecule has 0 atom stereocenters. The van der Waals surface area contributed by atoms with Crippen LogP contribution in [0.1, 0.15) is 47.2 Å². The minimum atomic E-state index is -1.16. The first kappa shape index (κ1) is 15.4. The molecule has 21 heavy (non-hydrogen) atoms. The Hall–Kier alpha value is -2.02. The second kappa shape index (κ2) is 7.12. The second-order valence-corrected chi connectivity index (χ2v) is 5.05. The van der Waals surface area contributed by atoms with E-state index in [9.17, 15) is 9.59 Å². The van der Waals surface area contributed by atoms with E-state index >= 15 is 0 Å². The Balaban J connectivity index is 1.69. The van der Waals surface area contributed by atoms with Crippen LogP contribution in [-0.2, 0) is 4.74 Å². The topological polar surface area (TPSA) is 101 Å². The van der Waals surface area contributed by atoms with Crippen LogP contribution in [0.4, 0.5) is 0 Å². The third kappa shape index (κ3) is 4.22. The van der Waals surface area contributed by atoms with Crippen molar-refractivity contribution >= 4 is 11.9 Å². The smallest absolute Gasteiger partial charge is 0.356 e. The number of nitrogens with one attached hydrogen (secondary N) is 1. The van der Waals surface area contributed by atoms with Gasteiger partial charge in [-0.25, -0.2) is 14.8 Å². The molecule has 1 fully saturated rings. The normalized spacial score (nSPS) is 20.6. The fraction of sp³-hybridized carbons (Fsp3) is 0.571. The lowest BCUT2D eigenvalue weighted by Crippen LogP contribution is -2.34. The zero-order chi connectivity index (χ0) is 15.2. The minimum absolute atomic E-state index is 0.126. The molecule has 1 saturated carbocycles. The number of hydrogen-bond acceptors (Lipinski definition) is 5. The van der Waals surface area contributed by atoms with Crippen LogP contribution in [0, 0.1) is 5.92 Å². The van der Waals surface area contributed by atoms with Crippen molar-refractivity contribution in [2.45, 2.75) is 32.3 Å². The van der Waals surface area contributed by atoms with Crippen LogP contribution in [0.15, 0.2) is 12.4 Å². The summed E-state index contributed by atoms with van der Waals surface area (Å²) in [6.07, 6.45) is 5.65. The van der Waals surface area contributed by atoms with Gasteiger partial charge in [-0.2, -0.15) is 0 Å². The third-order valence-electron chi connectivity index (χ3n) is 3.54. The lowest BCUT2D eigenvalue weighted by molar-refractivity contribution is -0.0261. The standard InChI is InChI=1S/C14H19N3O4/c1-2-21-10-5-9(6-10)3-4-15-13(18)11-7-17-12(8-16-11)14(19)20/h7-10H,2-6H2,1H3,(H,15,18)(H,19,20). The van der Waals surface area contributed by atoms with Crippen LogP contribution in [0.2, 0.25) is 0 Å². The number of rotatable bonds is 7. The van der Waals surface area contributed by atoms with Crippen molar-refractivity contribution in [3.8, 4) is 0 Å². The zero-order valence-electron chi connectivity index (χ0n) is 11.9. The molecule has 1 aromatic heterocycles. The van der Waals surface area contributed by atoms with E-state index in [0.717, 1.165) is 32.1 Å². The van der Waals surface area contributed by atoms with Gasteiger partial charge in [-0.15, -0.1) is 0 Å². The first-order valence-electron chi connectivity index (χ1n) is 7.05. The molecule has 2 N–H and O–H groups in total. The summed E-state index contributed by atoms with van der Waals surface area (Å²) in [5.41, 5.74) is -0.0520. The predicted octanol–water partition coefficient (Wildman–Crippen LogP) is 1.11. The van der Waals surface area contributed by atoms with E-state index in [4.69, 9.17) is 9.84 Å². The molecule has 1 aromatic rings. The number of ether oxygens (including phenoxy) is 1. The largest absolute Gasteiger partial charge is 0.476 e. The van der Waals surface area contributed by atoms with Gasteiger partial charge in [-0.3, -0.25) is 4.79 Å². The first-order chi connectivity index (χ1) is 10.1. The average Bonchev–Trinajstić information content (AvgIpc) is 2.44. The summed E-state index contributed by atoms with van der Waals surface area (Å²) in [5, 5.41) is 11.5. The number of carboxylic acid groups (broad SMARTS) is 1. The van der Waals surface area contributed by atoms with Gasteiger partial charge in [0, 0.05) is 13.2 Å². The number of aromatic nitrogens is 2. The van der Waals surface area contributed by atoms with Gasteiger partial charge < -0.3 is 15.2 Å². The molecule has 0 aliphatic heterocycles. The van der Waals surface area contributed by atoms with Gasteiger partial charge in [0.05, 0.1) is 18.5 Å². The predicted molar refractivity (Wildman–Crippen MR) is 74.1 cm³/mol. The Kier molecular flexibility index (Phi) is 5.21. The van der Waals surface area contributed by atoms with Crippen molar-refractivity contribution < 1.29 is 19.4 Å². The van der Waals surface area contributed by atoms with Crippen molar-refractivity contribution in [3.05, 3.63) is 23.8 Å². The van der Waals surface area contributed by atoms with E-state index in [1.54, 1.807) is 0 Å². The van der Waals surface area contributed by atoms with Gasteiger partial charge in [0.25, 0.3) is 5.91 Å². The second-order valence-electron chi connectivity index (χ2n) is 5.05. The van der Waals surface area contributed by atoms with Gasteiger partial charge in [0.15, 0.2) is 5.69 Å². The Morgan fingerprint density at radius 1 is 1.33 bits per heavy atom. The molecule has 7 heteroatoms. The molecule has 0 bridgehead atoms. The zero-order valence-corrected chi connectivity index (χ0v) is 11.9. The highest BCUT2D eigenvalue weighted by Crippen LogP contribution is 2.32. The van der Waals surface area contributed by atoms with Crippen LogP contribution in [-0.4, -0.2) is 46.2 Å². The molecule has 0 spiro atoms. The molecule has 1 aliphatic rings. The summed E-state index contributed by atoms with van der Waals surface area (Å²) in [6, 6.07) is 0. The number of carbonyl (C=O) groups excluding carboxylic acids is 1. The van der Waals surface area contributed by atoms with Gasteiger partial charge in [0.1, 0.15) is 5.69 Å². The summed E-state index contributed by atoms with van der Waals surface area (Å²) in [6.45, 7) is 3.31. The lowest BCUT2D eigenvalue weighted by atomic mass is 9.80. The molecule has 1 heterocycles. The minimum Gasteiger partial charge on any atom is -0.476 e. The molecular formula is C14H19N3O4. The number of aromatic carboxylic acids is 1. The summed E-state index contributed by atoms with van der Waals surface area (Å²) in [7, 11) is 0. The van der Waals surface area contributed by atoms with Crippen molar-refractivity contribution in [3.63, 3.8) is 0 Å². The van der Waals surface area contributed by atoms with Crippen molar-refractivity contribution in [2.24, 2.45) is 5.92 Å². The van der Waals surface area contributed by atoms with Crippen LogP contribution >= 0.6 is 0 Å². The molecule has 7 nitrogen and oxygen atoms in total. The van der Waals surface area contributed by atoms with Crippen LogP contribution in [0.3, 0.4) is 0 Å². The van der Waals surface area contributed by atoms with Crippen LogP contribution in [0.25, 0.3) is 0 Å². The summed E-state index contributed by atoms with van der Waals surface area (Å²) in [5.74, 6) is -0.897. The van der Waals surface area contributed by atoms with E-state index in [1.165, 1.54) is 6.20 Å². The van der Waals surface area contributed by atoms with Crippen molar-refractivity contribution in [1.29, 1.82) is 0 Å². The molecular weight excluding hydrogens is 274 g/mol. The highest BCUT2D eigenvalue weighted by Gasteiger charge is 2.28. The Labute approximate surface area is 122 Å². The summed E-state index contributed by atoms with van der Waals surface area (Å²) in [4.78, 5) is 29.9. The highest BCUT2D eigenvalue weighted by molar-refractivity contribution is 5.92. The monoisotopic (exact) mass is 293 g/mol. The maximum atomic E-state index is 11.8. The highest BCUT2D eigenvalue weighted by atomic mass is 16.5. The summed E-state index contributed by atoms with van der Waals surface area (Å²) < 4.78 is 5.48. The Bertz CT molecular complexity index is 497. The van der Waals surface area contributed by atoms with E-state index < -0.39 is 5.97 Å². The molecule has 1 amide bonds. The number of amides is 1. The maximum Gasteiger partial charge on any atom is 0.356 e. The maximum absolute atomic E-state index is 11.8. The van der Waals surface area contributed by atoms with Crippen molar-refractivity contribution in [1.82, 2.24) is 15.3 Å². The number of hydrogen-bond donors (Lipinski definition) is 2. The number of nitrogens with zero attached hydrogens (tertiary/aromatic N) is 2. The van der Waals surface area contributed by atoms with Crippen LogP contribution < -0.4 is 5.32 Å². The Morgan fingerprint density at radius 2 is 2.00 bits per heavy atom. The van der Waals surface area contributed by atoms with E-state index in [0.29, 0.717) is 18.6 Å². The molecule has 0 saturated heterocycles. The van der Waals surface area contributed by atoms with Gasteiger partial charge >= 0.3 is 5.97 Å². The van der Waals surface area contributed by atoms with Crippen molar-refractivity contribution in [2.75, 3.05) is 13.2 Å². The number of carbonyl (C=O) groups is 2. The molecule has 2 rings (SSSR count). The van der Waals surface area contributed by atoms with Gasteiger partial charge in [0.2, 0.25) is 0 Å². The number of carboxylic acids is 1. The summed E-state index contributed by atoms with van der Waals surface area (Å²) >= 11 is 0. The van der Waals surface area contributed by atoms with E-state index in [2.05, 4.69) is 15.3 Å². The van der Waals surface area contributed by atoms with Gasteiger partial charge in [-0.1, -0.05) is 0 Å². The molecule has 1 aliphatic carbocycles. The molecule has 0 aromatic carbocycles. The van der Waals surface area contributed by atoms with Gasteiger partial charge in [-0.05, 0) is 32.1 Å². The SMILES string of the molecule is CCOC1CC(CCNC(=O)c2cnc(C(=O)O)cn2)C1. The third-order valence-corrected chi connectivity index (χ3v) is 3.54. The average molecular weight is 293 g/mol. The Morgan fingerprint density at radius 3 is 2.57 bits per heavy atom. The van der Waals surface area contributed by atoms with E-state index in [-0.39, 0.29) is 17.3 Å². The fourth-order valence-electron chi connectivity index (χ4n) is 2.32. The molecule has 0 unspecified atom stereocenters. The van der Waals surface area contributed by atoms with Crippen LogP contribution in [0.5, 0.6) is 0 Å². The molecule has 0 radical (unpaired) electrons. The molecule has 114 valence electrons. The quantitative estimate of drug-likeness (QED) is 0.781. The van der Waals surface area contributed by atoms with E-state index in [1.807, 2.05) is 6.92 Å². The first-order valence-corrected chi connectivity index (χ1v) is 7.05.